The Morgan fingerprint density at radius 2 is 1.10 bits per heavy atom. The average Bonchev–Trinajstić information content (AvgIpc) is 3.24. The third-order valence-corrected chi connectivity index (χ3v) is 11.7. The maximum Gasteiger partial charge on any atom is 0.220 e. The molecule has 9 N–H and O–H groups in total. The summed E-state index contributed by atoms with van der Waals surface area (Å²) in [5.74, 6) is -0.219. The lowest BCUT2D eigenvalue weighted by Gasteiger charge is -2.46. The van der Waals surface area contributed by atoms with Crippen LogP contribution in [0.5, 0.6) is 0 Å². The van der Waals surface area contributed by atoms with Crippen LogP contribution in [-0.4, -0.2) is 140 Å². The second kappa shape index (κ2) is 34.0. The number of aliphatic hydroxyl groups excluding tert-OH is 8. The quantitative estimate of drug-likeness (QED) is 0.0303. The van der Waals surface area contributed by atoms with Crippen LogP contribution >= 0.6 is 0 Å². The molecule has 14 heteroatoms. The van der Waals surface area contributed by atoms with Crippen molar-refractivity contribution in [1.29, 1.82) is 0 Å². The first-order valence-electron chi connectivity index (χ1n) is 23.6. The second-order valence-corrected chi connectivity index (χ2v) is 16.9. The molecule has 2 aliphatic rings. The van der Waals surface area contributed by atoms with Gasteiger partial charge in [0, 0.05) is 6.42 Å². The fraction of sp³-hybridized carbons (Fsp3) is 0.891. The minimum absolute atomic E-state index is 0.219. The van der Waals surface area contributed by atoms with Crippen molar-refractivity contribution in [1.82, 2.24) is 5.32 Å². The highest BCUT2D eigenvalue weighted by Gasteiger charge is 2.51. The minimum Gasteiger partial charge on any atom is -0.394 e. The summed E-state index contributed by atoms with van der Waals surface area (Å²) in [4.78, 5) is 13.1. The Labute approximate surface area is 360 Å². The van der Waals surface area contributed by atoms with Crippen molar-refractivity contribution in [3.63, 3.8) is 0 Å². The molecule has 0 bridgehead atoms. The highest BCUT2D eigenvalue weighted by Crippen LogP contribution is 2.30. The summed E-state index contributed by atoms with van der Waals surface area (Å²) in [6, 6.07) is -0.828. The predicted octanol–water partition coefficient (Wildman–Crippen LogP) is 4.99. The van der Waals surface area contributed by atoms with Gasteiger partial charge in [0.2, 0.25) is 5.91 Å². The Morgan fingerprint density at radius 3 is 1.70 bits per heavy atom. The van der Waals surface area contributed by atoms with E-state index in [9.17, 15) is 45.6 Å². The summed E-state index contributed by atoms with van der Waals surface area (Å²) < 4.78 is 22.7. The molecule has 0 aromatic heterocycles. The molecule has 2 aliphatic heterocycles. The maximum atomic E-state index is 13.1. The number of hydrogen-bond donors (Lipinski definition) is 9. The van der Waals surface area contributed by atoms with Gasteiger partial charge in [0.15, 0.2) is 12.6 Å². The van der Waals surface area contributed by atoms with Gasteiger partial charge in [-0.15, -0.1) is 0 Å². The zero-order valence-corrected chi connectivity index (χ0v) is 36.9. The van der Waals surface area contributed by atoms with E-state index in [4.69, 9.17) is 18.9 Å². The Morgan fingerprint density at radius 1 is 0.600 bits per heavy atom. The predicted molar refractivity (Wildman–Crippen MR) is 231 cm³/mol. The monoisotopic (exact) mass is 860 g/mol. The van der Waals surface area contributed by atoms with E-state index in [0.717, 1.165) is 57.8 Å². The second-order valence-electron chi connectivity index (χ2n) is 16.9. The molecule has 2 fully saturated rings. The van der Waals surface area contributed by atoms with Crippen molar-refractivity contribution in [2.75, 3.05) is 19.8 Å². The van der Waals surface area contributed by atoms with Gasteiger partial charge in [0.1, 0.15) is 48.8 Å². The maximum absolute atomic E-state index is 13.1. The van der Waals surface area contributed by atoms with Crippen molar-refractivity contribution < 1.29 is 64.6 Å². The molecule has 14 nitrogen and oxygen atoms in total. The Bertz CT molecular complexity index is 1110. The molecule has 0 saturated carbocycles. The van der Waals surface area contributed by atoms with Crippen LogP contribution < -0.4 is 5.32 Å². The normalized spacial score (nSPS) is 28.4. The number of nitrogens with one attached hydrogen (secondary N) is 1. The number of carbonyl (C=O) groups excluding carboxylic acids is 1. The van der Waals surface area contributed by atoms with Gasteiger partial charge >= 0.3 is 0 Å². The zero-order valence-electron chi connectivity index (χ0n) is 36.9. The van der Waals surface area contributed by atoms with E-state index in [1.807, 2.05) is 0 Å². The van der Waals surface area contributed by atoms with E-state index in [2.05, 4.69) is 43.5 Å². The highest BCUT2D eigenvalue weighted by atomic mass is 16.7. The van der Waals surface area contributed by atoms with Crippen LogP contribution in [0.2, 0.25) is 0 Å². The van der Waals surface area contributed by atoms with Gasteiger partial charge in [0.05, 0.1) is 32.0 Å². The molecule has 0 aromatic rings. The zero-order chi connectivity index (χ0) is 44.0. The Kier molecular flexibility index (Phi) is 30.9. The van der Waals surface area contributed by atoms with Gasteiger partial charge in [-0.1, -0.05) is 141 Å². The largest absolute Gasteiger partial charge is 0.394 e. The van der Waals surface area contributed by atoms with E-state index in [1.54, 1.807) is 0 Å². The van der Waals surface area contributed by atoms with Crippen molar-refractivity contribution in [3.8, 4) is 0 Å². The SMILES string of the molecule is CCCCC/C=C\C/C=C\CCCCCCCCCC(=O)NC(COC1OC(CO)C(OC2OC(CO)C(O)C(O)C2O)C(O)C1O)C(O)CCCCCCCCCCC. The summed E-state index contributed by atoms with van der Waals surface area (Å²) in [5.41, 5.74) is 0. The first-order chi connectivity index (χ1) is 29.1. The van der Waals surface area contributed by atoms with Crippen LogP contribution in [0.15, 0.2) is 24.3 Å². The molecule has 12 unspecified atom stereocenters. The van der Waals surface area contributed by atoms with Crippen molar-refractivity contribution in [2.24, 2.45) is 0 Å². The van der Waals surface area contributed by atoms with Gasteiger partial charge in [-0.25, -0.2) is 0 Å². The van der Waals surface area contributed by atoms with E-state index in [1.165, 1.54) is 77.0 Å². The number of ether oxygens (including phenoxy) is 4. The lowest BCUT2D eigenvalue weighted by molar-refractivity contribution is -0.359. The molecule has 2 heterocycles. The molecule has 352 valence electrons. The van der Waals surface area contributed by atoms with Crippen LogP contribution in [0.4, 0.5) is 0 Å². The molecule has 12 atom stereocenters. The first kappa shape index (κ1) is 54.6. The fourth-order valence-electron chi connectivity index (χ4n) is 7.74. The number of aliphatic hydroxyl groups is 8. The molecular weight excluding hydrogens is 774 g/mol. The molecular formula is C46H85NO13. The first-order valence-corrected chi connectivity index (χ1v) is 23.6. The van der Waals surface area contributed by atoms with Gasteiger partial charge in [-0.2, -0.15) is 0 Å². The van der Waals surface area contributed by atoms with Crippen LogP contribution in [0.3, 0.4) is 0 Å². The number of allylic oxidation sites excluding steroid dienone is 4. The number of carbonyl (C=O) groups is 1. The smallest absolute Gasteiger partial charge is 0.220 e. The highest BCUT2D eigenvalue weighted by molar-refractivity contribution is 5.76. The van der Waals surface area contributed by atoms with Crippen molar-refractivity contribution >= 4 is 5.91 Å². The van der Waals surface area contributed by atoms with Crippen LogP contribution in [0, 0.1) is 0 Å². The molecule has 0 aliphatic carbocycles. The molecule has 1 amide bonds. The molecule has 0 spiro atoms. The van der Waals surface area contributed by atoms with Crippen molar-refractivity contribution in [3.05, 3.63) is 24.3 Å². The Hall–Kier alpha value is -1.53. The van der Waals surface area contributed by atoms with E-state index < -0.39 is 86.8 Å². The standard InChI is InChI=1S/C46H85NO13/c1-3-5-7-9-11-13-14-15-16-17-18-19-20-22-24-26-28-30-38(51)47-34(35(50)29-27-25-23-21-12-10-8-6-4-2)33-57-45-43(56)41(54)44(37(32-49)59-45)60-46-42(55)40(53)39(52)36(31-48)58-46/h11,13,15-16,34-37,39-46,48-50,52-56H,3-10,12,14,17-33H2,1-2H3,(H,47,51)/b13-11-,16-15-. The summed E-state index contributed by atoms with van der Waals surface area (Å²) in [7, 11) is 0. The summed E-state index contributed by atoms with van der Waals surface area (Å²) in [5, 5.41) is 86.5. The third-order valence-electron chi connectivity index (χ3n) is 11.7. The van der Waals surface area contributed by atoms with Gasteiger partial charge < -0.3 is 65.1 Å². The number of unbranched alkanes of at least 4 members (excludes halogenated alkanes) is 18. The molecule has 2 saturated heterocycles. The lowest BCUT2D eigenvalue weighted by Crippen LogP contribution is -2.65. The minimum atomic E-state index is -1.78. The van der Waals surface area contributed by atoms with E-state index in [-0.39, 0.29) is 12.5 Å². The number of hydrogen-bond acceptors (Lipinski definition) is 13. The fourth-order valence-corrected chi connectivity index (χ4v) is 7.74. The van der Waals surface area contributed by atoms with Gasteiger partial charge in [-0.05, 0) is 44.9 Å². The van der Waals surface area contributed by atoms with Crippen LogP contribution in [-0.2, 0) is 23.7 Å². The molecule has 0 radical (unpaired) electrons. The summed E-state index contributed by atoms with van der Waals surface area (Å²) in [6.07, 6.45) is 17.6. The lowest BCUT2D eigenvalue weighted by atomic mass is 9.97. The molecule has 0 aromatic carbocycles. The number of amides is 1. The average molecular weight is 860 g/mol. The molecule has 2 rings (SSSR count). The van der Waals surface area contributed by atoms with E-state index >= 15 is 0 Å². The molecule has 60 heavy (non-hydrogen) atoms. The van der Waals surface area contributed by atoms with Crippen LogP contribution in [0.25, 0.3) is 0 Å². The van der Waals surface area contributed by atoms with Crippen molar-refractivity contribution in [2.45, 2.75) is 242 Å². The number of rotatable bonds is 35. The van der Waals surface area contributed by atoms with Gasteiger partial charge in [-0.3, -0.25) is 4.79 Å². The summed E-state index contributed by atoms with van der Waals surface area (Å²) in [6.45, 7) is 2.77. The van der Waals surface area contributed by atoms with Gasteiger partial charge in [0.25, 0.3) is 0 Å². The Balaban J connectivity index is 1.84. The third kappa shape index (κ3) is 21.7. The van der Waals surface area contributed by atoms with Crippen LogP contribution in [0.1, 0.15) is 168 Å². The summed E-state index contributed by atoms with van der Waals surface area (Å²) >= 11 is 0. The van der Waals surface area contributed by atoms with E-state index in [0.29, 0.717) is 19.3 Å². The topological polar surface area (TPSA) is 228 Å².